The summed E-state index contributed by atoms with van der Waals surface area (Å²) in [6.07, 6.45) is 1.70. The SMILES string of the molecule is CCNC=C1C(=O)Oc2ccccc21. The zero-order valence-electron chi connectivity index (χ0n) is 7.91. The van der Waals surface area contributed by atoms with E-state index >= 15 is 0 Å². The fourth-order valence-corrected chi connectivity index (χ4v) is 1.38. The summed E-state index contributed by atoms with van der Waals surface area (Å²) < 4.78 is 5.07. The van der Waals surface area contributed by atoms with Gasteiger partial charge in [0.05, 0.1) is 5.57 Å². The van der Waals surface area contributed by atoms with E-state index in [0.29, 0.717) is 11.3 Å². The van der Waals surface area contributed by atoms with Gasteiger partial charge < -0.3 is 10.1 Å². The number of para-hydroxylation sites is 1. The summed E-state index contributed by atoms with van der Waals surface area (Å²) in [5.74, 6) is 0.355. The molecular weight excluding hydrogens is 178 g/mol. The van der Waals surface area contributed by atoms with Gasteiger partial charge in [0.1, 0.15) is 5.75 Å². The van der Waals surface area contributed by atoms with Crippen LogP contribution in [-0.2, 0) is 4.79 Å². The van der Waals surface area contributed by atoms with Crippen LogP contribution in [0.25, 0.3) is 5.57 Å². The lowest BCUT2D eigenvalue weighted by Gasteiger charge is -1.96. The molecule has 1 aliphatic rings. The summed E-state index contributed by atoms with van der Waals surface area (Å²) in [7, 11) is 0. The van der Waals surface area contributed by atoms with Gasteiger partial charge in [-0.3, -0.25) is 0 Å². The van der Waals surface area contributed by atoms with Crippen LogP contribution in [-0.4, -0.2) is 12.5 Å². The Bertz CT molecular complexity index is 396. The molecule has 1 aromatic carbocycles. The van der Waals surface area contributed by atoms with Gasteiger partial charge in [-0.25, -0.2) is 4.79 Å². The number of esters is 1. The molecule has 0 bridgehead atoms. The summed E-state index contributed by atoms with van der Waals surface area (Å²) in [5, 5.41) is 3.00. The van der Waals surface area contributed by atoms with Gasteiger partial charge in [-0.2, -0.15) is 0 Å². The van der Waals surface area contributed by atoms with E-state index in [2.05, 4.69) is 5.32 Å². The lowest BCUT2D eigenvalue weighted by Crippen LogP contribution is -2.08. The van der Waals surface area contributed by atoms with Crippen LogP contribution in [0.1, 0.15) is 12.5 Å². The third-order valence-corrected chi connectivity index (χ3v) is 2.05. The zero-order chi connectivity index (χ0) is 9.97. The third kappa shape index (κ3) is 1.37. The number of fused-ring (bicyclic) bond motifs is 1. The normalized spacial score (nSPS) is 16.6. The van der Waals surface area contributed by atoms with Gasteiger partial charge >= 0.3 is 5.97 Å². The number of hydrogen-bond donors (Lipinski definition) is 1. The molecule has 0 unspecified atom stereocenters. The van der Waals surface area contributed by atoms with Crippen molar-refractivity contribution in [3.63, 3.8) is 0 Å². The molecule has 1 aliphatic heterocycles. The number of carbonyl (C=O) groups is 1. The smallest absolute Gasteiger partial charge is 0.345 e. The lowest BCUT2D eigenvalue weighted by atomic mass is 10.1. The van der Waals surface area contributed by atoms with E-state index in [0.717, 1.165) is 12.1 Å². The molecule has 1 aromatic rings. The second-order valence-electron chi connectivity index (χ2n) is 3.00. The average Bonchev–Trinajstić information content (AvgIpc) is 2.51. The minimum atomic E-state index is -0.285. The number of rotatable bonds is 2. The van der Waals surface area contributed by atoms with E-state index in [1.54, 1.807) is 12.3 Å². The van der Waals surface area contributed by atoms with Crippen molar-refractivity contribution in [1.82, 2.24) is 5.32 Å². The van der Waals surface area contributed by atoms with Gasteiger partial charge in [-0.1, -0.05) is 18.2 Å². The Morgan fingerprint density at radius 3 is 3.00 bits per heavy atom. The van der Waals surface area contributed by atoms with Gasteiger partial charge in [0.15, 0.2) is 0 Å². The summed E-state index contributed by atoms with van der Waals surface area (Å²) in [5.41, 5.74) is 1.46. The molecule has 1 heterocycles. The third-order valence-electron chi connectivity index (χ3n) is 2.05. The summed E-state index contributed by atoms with van der Waals surface area (Å²) in [6, 6.07) is 7.41. The predicted octanol–water partition coefficient (Wildman–Crippen LogP) is 1.56. The van der Waals surface area contributed by atoms with Crippen molar-refractivity contribution in [3.8, 4) is 5.75 Å². The molecule has 0 radical (unpaired) electrons. The first-order valence-corrected chi connectivity index (χ1v) is 4.58. The van der Waals surface area contributed by atoms with Crippen molar-refractivity contribution >= 4 is 11.5 Å². The molecular formula is C11H11NO2. The molecule has 14 heavy (non-hydrogen) atoms. The molecule has 0 atom stereocenters. The maximum atomic E-state index is 11.4. The van der Waals surface area contributed by atoms with E-state index in [4.69, 9.17) is 4.74 Å². The number of nitrogens with one attached hydrogen (secondary N) is 1. The van der Waals surface area contributed by atoms with E-state index in [9.17, 15) is 4.79 Å². The van der Waals surface area contributed by atoms with Crippen LogP contribution in [0.5, 0.6) is 5.75 Å². The highest BCUT2D eigenvalue weighted by Crippen LogP contribution is 2.32. The van der Waals surface area contributed by atoms with Crippen molar-refractivity contribution in [2.75, 3.05) is 6.54 Å². The number of hydrogen-bond acceptors (Lipinski definition) is 3. The Labute approximate surface area is 82.4 Å². The maximum absolute atomic E-state index is 11.4. The predicted molar refractivity (Wildman–Crippen MR) is 53.7 cm³/mol. The van der Waals surface area contributed by atoms with Gasteiger partial charge in [-0.05, 0) is 13.0 Å². The first-order chi connectivity index (χ1) is 6.83. The second kappa shape index (κ2) is 3.54. The van der Waals surface area contributed by atoms with Crippen molar-refractivity contribution in [1.29, 1.82) is 0 Å². The fourth-order valence-electron chi connectivity index (χ4n) is 1.38. The number of ether oxygens (including phenoxy) is 1. The molecule has 0 saturated carbocycles. The van der Waals surface area contributed by atoms with E-state index < -0.39 is 0 Å². The molecule has 3 nitrogen and oxygen atoms in total. The standard InChI is InChI=1S/C11H11NO2/c1-2-12-7-9-8-5-3-4-6-10(8)14-11(9)13/h3-7,12H,2H2,1H3. The van der Waals surface area contributed by atoms with Crippen molar-refractivity contribution in [2.24, 2.45) is 0 Å². The quantitative estimate of drug-likeness (QED) is 0.436. The Balaban J connectivity index is 2.39. The number of carbonyl (C=O) groups excluding carboxylic acids is 1. The van der Waals surface area contributed by atoms with Crippen LogP contribution in [0.4, 0.5) is 0 Å². The highest BCUT2D eigenvalue weighted by molar-refractivity contribution is 6.21. The minimum Gasteiger partial charge on any atom is -0.422 e. The zero-order valence-corrected chi connectivity index (χ0v) is 7.91. The average molecular weight is 189 g/mol. The monoisotopic (exact) mass is 189 g/mol. The second-order valence-corrected chi connectivity index (χ2v) is 3.00. The first kappa shape index (κ1) is 8.81. The summed E-state index contributed by atoms with van der Waals surface area (Å²) in [4.78, 5) is 11.4. The van der Waals surface area contributed by atoms with Crippen LogP contribution in [0, 0.1) is 0 Å². The Morgan fingerprint density at radius 2 is 2.21 bits per heavy atom. The largest absolute Gasteiger partial charge is 0.422 e. The molecule has 0 saturated heterocycles. The molecule has 0 aliphatic carbocycles. The van der Waals surface area contributed by atoms with Gasteiger partial charge in [-0.15, -0.1) is 0 Å². The topological polar surface area (TPSA) is 38.3 Å². The van der Waals surface area contributed by atoms with Crippen molar-refractivity contribution < 1.29 is 9.53 Å². The van der Waals surface area contributed by atoms with E-state index in [-0.39, 0.29) is 5.97 Å². The van der Waals surface area contributed by atoms with Crippen LogP contribution in [0.2, 0.25) is 0 Å². The molecule has 1 N–H and O–H groups in total. The Kier molecular flexibility index (Phi) is 2.23. The van der Waals surface area contributed by atoms with Crippen LogP contribution in [0.15, 0.2) is 30.5 Å². The van der Waals surface area contributed by atoms with E-state index in [1.807, 2.05) is 25.1 Å². The van der Waals surface area contributed by atoms with Gasteiger partial charge in [0.25, 0.3) is 0 Å². The lowest BCUT2D eigenvalue weighted by molar-refractivity contribution is -0.127. The first-order valence-electron chi connectivity index (χ1n) is 4.58. The molecule has 3 heteroatoms. The van der Waals surface area contributed by atoms with Crippen LogP contribution < -0.4 is 10.1 Å². The highest BCUT2D eigenvalue weighted by atomic mass is 16.5. The molecule has 0 amide bonds. The highest BCUT2D eigenvalue weighted by Gasteiger charge is 2.25. The fraction of sp³-hybridized carbons (Fsp3) is 0.182. The molecule has 2 rings (SSSR count). The van der Waals surface area contributed by atoms with Crippen LogP contribution >= 0.6 is 0 Å². The van der Waals surface area contributed by atoms with Crippen molar-refractivity contribution in [3.05, 3.63) is 36.0 Å². The van der Waals surface area contributed by atoms with Gasteiger partial charge in [0, 0.05) is 18.3 Å². The van der Waals surface area contributed by atoms with Crippen molar-refractivity contribution in [2.45, 2.75) is 6.92 Å². The molecule has 0 aromatic heterocycles. The Hall–Kier alpha value is -1.77. The van der Waals surface area contributed by atoms with Crippen LogP contribution in [0.3, 0.4) is 0 Å². The van der Waals surface area contributed by atoms with E-state index in [1.165, 1.54) is 0 Å². The molecule has 0 spiro atoms. The molecule has 0 fully saturated rings. The summed E-state index contributed by atoms with van der Waals surface area (Å²) >= 11 is 0. The summed E-state index contributed by atoms with van der Waals surface area (Å²) in [6.45, 7) is 2.77. The number of benzene rings is 1. The minimum absolute atomic E-state index is 0.285. The molecule has 72 valence electrons. The Morgan fingerprint density at radius 1 is 1.43 bits per heavy atom. The van der Waals surface area contributed by atoms with Gasteiger partial charge in [0.2, 0.25) is 0 Å². The maximum Gasteiger partial charge on any atom is 0.345 e.